The third kappa shape index (κ3) is 3.20. The van der Waals surface area contributed by atoms with Crippen molar-refractivity contribution >= 4 is 10.0 Å². The SMILES string of the molecule is Cc1cccc(S(=O)(=O)N2CCN(C)[C@@H](CCO)C2)c1. The smallest absolute Gasteiger partial charge is 0.243 e. The molecule has 1 aromatic rings. The summed E-state index contributed by atoms with van der Waals surface area (Å²) >= 11 is 0. The number of piperazine rings is 1. The van der Waals surface area contributed by atoms with Crippen molar-refractivity contribution in [3.63, 3.8) is 0 Å². The van der Waals surface area contributed by atoms with Gasteiger partial charge in [-0.3, -0.25) is 0 Å². The van der Waals surface area contributed by atoms with Crippen LogP contribution in [0.4, 0.5) is 0 Å². The summed E-state index contributed by atoms with van der Waals surface area (Å²) in [5.41, 5.74) is 0.937. The fraction of sp³-hybridized carbons (Fsp3) is 0.571. The van der Waals surface area contributed by atoms with E-state index in [1.165, 1.54) is 4.31 Å². The molecule has 1 aliphatic rings. The van der Waals surface area contributed by atoms with Crippen LogP contribution in [0.3, 0.4) is 0 Å². The van der Waals surface area contributed by atoms with Gasteiger partial charge in [-0.05, 0) is 38.1 Å². The van der Waals surface area contributed by atoms with Crippen molar-refractivity contribution in [2.45, 2.75) is 24.3 Å². The molecule has 20 heavy (non-hydrogen) atoms. The Labute approximate surface area is 120 Å². The molecular weight excluding hydrogens is 276 g/mol. The Hall–Kier alpha value is -0.950. The highest BCUT2D eigenvalue weighted by atomic mass is 32.2. The van der Waals surface area contributed by atoms with Crippen molar-refractivity contribution < 1.29 is 13.5 Å². The number of aliphatic hydroxyl groups is 1. The van der Waals surface area contributed by atoms with Crippen LogP contribution in [0.15, 0.2) is 29.2 Å². The van der Waals surface area contributed by atoms with Gasteiger partial charge in [-0.2, -0.15) is 4.31 Å². The lowest BCUT2D eigenvalue weighted by Crippen LogP contribution is -2.53. The minimum atomic E-state index is -3.43. The lowest BCUT2D eigenvalue weighted by atomic mass is 10.1. The number of aliphatic hydroxyl groups excluding tert-OH is 1. The van der Waals surface area contributed by atoms with Crippen molar-refractivity contribution in [3.05, 3.63) is 29.8 Å². The molecule has 0 bridgehead atoms. The van der Waals surface area contributed by atoms with Gasteiger partial charge < -0.3 is 10.0 Å². The van der Waals surface area contributed by atoms with E-state index in [1.54, 1.807) is 18.2 Å². The first-order valence-corrected chi connectivity index (χ1v) is 8.27. The monoisotopic (exact) mass is 298 g/mol. The molecule has 112 valence electrons. The lowest BCUT2D eigenvalue weighted by Gasteiger charge is -2.38. The van der Waals surface area contributed by atoms with Crippen molar-refractivity contribution in [2.24, 2.45) is 0 Å². The van der Waals surface area contributed by atoms with Crippen LogP contribution in [-0.2, 0) is 10.0 Å². The topological polar surface area (TPSA) is 60.9 Å². The predicted molar refractivity (Wildman–Crippen MR) is 78.1 cm³/mol. The Kier molecular flexibility index (Phi) is 4.80. The molecule has 2 rings (SSSR count). The minimum absolute atomic E-state index is 0.0767. The van der Waals surface area contributed by atoms with Crippen molar-refractivity contribution in [2.75, 3.05) is 33.3 Å². The van der Waals surface area contributed by atoms with Gasteiger partial charge in [-0.1, -0.05) is 12.1 Å². The molecule has 1 fully saturated rings. The molecule has 1 heterocycles. The van der Waals surface area contributed by atoms with Gasteiger partial charge in [-0.15, -0.1) is 0 Å². The molecule has 1 atom stereocenters. The molecule has 5 nitrogen and oxygen atoms in total. The molecule has 6 heteroatoms. The van der Waals surface area contributed by atoms with Gasteiger partial charge in [-0.25, -0.2) is 8.42 Å². The Morgan fingerprint density at radius 3 is 2.75 bits per heavy atom. The summed E-state index contributed by atoms with van der Waals surface area (Å²) in [4.78, 5) is 2.46. The maximum atomic E-state index is 12.6. The van der Waals surface area contributed by atoms with Gasteiger partial charge in [0.15, 0.2) is 0 Å². The van der Waals surface area contributed by atoms with Crippen LogP contribution in [0.5, 0.6) is 0 Å². The van der Waals surface area contributed by atoms with E-state index < -0.39 is 10.0 Å². The molecule has 0 aromatic heterocycles. The number of aryl methyl sites for hydroxylation is 1. The largest absolute Gasteiger partial charge is 0.396 e. The third-order valence-corrected chi connectivity index (χ3v) is 5.69. The zero-order valence-corrected chi connectivity index (χ0v) is 12.8. The van der Waals surface area contributed by atoms with Crippen LogP contribution in [0.1, 0.15) is 12.0 Å². The number of sulfonamides is 1. The van der Waals surface area contributed by atoms with Crippen molar-refractivity contribution in [1.82, 2.24) is 9.21 Å². The first-order chi connectivity index (χ1) is 9.45. The van der Waals surface area contributed by atoms with Gasteiger partial charge in [0.2, 0.25) is 10.0 Å². The van der Waals surface area contributed by atoms with E-state index >= 15 is 0 Å². The number of hydrogen-bond donors (Lipinski definition) is 1. The molecule has 1 aromatic carbocycles. The second-order valence-corrected chi connectivity index (χ2v) is 7.26. The average Bonchev–Trinajstić information content (AvgIpc) is 2.41. The van der Waals surface area contributed by atoms with Gasteiger partial charge in [0.1, 0.15) is 0 Å². The van der Waals surface area contributed by atoms with E-state index in [4.69, 9.17) is 5.11 Å². The fourth-order valence-electron chi connectivity index (χ4n) is 2.52. The fourth-order valence-corrected chi connectivity index (χ4v) is 4.10. The standard InChI is InChI=1S/C14H22N2O3S/c1-12-4-3-5-14(10-12)20(18,19)16-8-7-15(2)13(11-16)6-9-17/h3-5,10,13,17H,6-9,11H2,1-2H3/t13-/m0/s1. The molecular formula is C14H22N2O3S. The average molecular weight is 298 g/mol. The summed E-state index contributed by atoms with van der Waals surface area (Å²) in [6.45, 7) is 3.59. The Balaban J connectivity index is 2.22. The second kappa shape index (κ2) is 6.22. The number of likely N-dealkylation sites (N-methyl/N-ethyl adjacent to an activating group) is 1. The number of rotatable bonds is 4. The van der Waals surface area contributed by atoms with Crippen LogP contribution in [0.25, 0.3) is 0 Å². The van der Waals surface area contributed by atoms with Crippen LogP contribution >= 0.6 is 0 Å². The van der Waals surface area contributed by atoms with Crippen molar-refractivity contribution in [3.8, 4) is 0 Å². The Morgan fingerprint density at radius 1 is 1.35 bits per heavy atom. The summed E-state index contributed by atoms with van der Waals surface area (Å²) in [6.07, 6.45) is 0.594. The molecule has 1 N–H and O–H groups in total. The Bertz CT molecular complexity index is 559. The summed E-state index contributed by atoms with van der Waals surface area (Å²) in [5, 5.41) is 9.08. The molecule has 0 radical (unpaired) electrons. The summed E-state index contributed by atoms with van der Waals surface area (Å²) in [6, 6.07) is 7.07. The first-order valence-electron chi connectivity index (χ1n) is 6.83. The minimum Gasteiger partial charge on any atom is -0.396 e. The molecule has 0 unspecified atom stereocenters. The molecule has 0 amide bonds. The van der Waals surface area contributed by atoms with Crippen LogP contribution in [0.2, 0.25) is 0 Å². The zero-order chi connectivity index (χ0) is 14.8. The van der Waals surface area contributed by atoms with Crippen LogP contribution < -0.4 is 0 Å². The molecule has 0 spiro atoms. The summed E-state index contributed by atoms with van der Waals surface area (Å²) in [7, 11) is -1.46. The first kappa shape index (κ1) is 15.4. The van der Waals surface area contributed by atoms with E-state index in [-0.39, 0.29) is 12.6 Å². The number of benzene rings is 1. The van der Waals surface area contributed by atoms with Crippen molar-refractivity contribution in [1.29, 1.82) is 0 Å². The Morgan fingerprint density at radius 2 is 2.10 bits per heavy atom. The maximum absolute atomic E-state index is 12.6. The zero-order valence-electron chi connectivity index (χ0n) is 12.0. The normalized spacial score (nSPS) is 22.1. The highest BCUT2D eigenvalue weighted by Gasteiger charge is 2.32. The molecule has 1 saturated heterocycles. The third-order valence-electron chi connectivity index (χ3n) is 3.83. The number of hydrogen-bond acceptors (Lipinski definition) is 4. The molecule has 0 saturated carbocycles. The van der Waals surface area contributed by atoms with Crippen LogP contribution in [0, 0.1) is 6.92 Å². The van der Waals surface area contributed by atoms with Gasteiger partial charge >= 0.3 is 0 Å². The predicted octanol–water partition coefficient (Wildman–Crippen LogP) is 0.682. The molecule has 1 aliphatic heterocycles. The van der Waals surface area contributed by atoms with E-state index in [1.807, 2.05) is 20.0 Å². The highest BCUT2D eigenvalue weighted by molar-refractivity contribution is 7.89. The summed E-state index contributed by atoms with van der Waals surface area (Å²) < 4.78 is 26.8. The second-order valence-electron chi connectivity index (χ2n) is 5.33. The van der Waals surface area contributed by atoms with Gasteiger partial charge in [0.25, 0.3) is 0 Å². The summed E-state index contributed by atoms with van der Waals surface area (Å²) in [5.74, 6) is 0. The van der Waals surface area contributed by atoms with Crippen LogP contribution in [-0.4, -0.2) is 62.1 Å². The van der Waals surface area contributed by atoms with E-state index in [0.717, 1.165) is 5.56 Å². The van der Waals surface area contributed by atoms with Gasteiger partial charge in [0.05, 0.1) is 4.90 Å². The quantitative estimate of drug-likeness (QED) is 0.888. The van der Waals surface area contributed by atoms with E-state index in [9.17, 15) is 8.42 Å². The maximum Gasteiger partial charge on any atom is 0.243 e. The van der Waals surface area contributed by atoms with Gasteiger partial charge in [0, 0.05) is 32.3 Å². The molecule has 0 aliphatic carbocycles. The lowest BCUT2D eigenvalue weighted by molar-refractivity contribution is 0.120. The number of nitrogens with zero attached hydrogens (tertiary/aromatic N) is 2. The van der Waals surface area contributed by atoms with E-state index in [0.29, 0.717) is 31.0 Å². The van der Waals surface area contributed by atoms with E-state index in [2.05, 4.69) is 4.90 Å². The highest BCUT2D eigenvalue weighted by Crippen LogP contribution is 2.21.